The molecular weight excluding hydrogens is 411 g/mol. The number of ether oxygens (including phenoxy) is 2. The lowest BCUT2D eigenvalue weighted by molar-refractivity contribution is -0.140. The molecule has 7 heteroatoms. The molecule has 0 aromatic heterocycles. The third kappa shape index (κ3) is 3.47. The van der Waals surface area contributed by atoms with E-state index in [1.54, 1.807) is 36.4 Å². The molecule has 2 amide bonds. The molecule has 0 spiro atoms. The van der Waals surface area contributed by atoms with E-state index in [0.717, 1.165) is 11.4 Å². The summed E-state index contributed by atoms with van der Waals surface area (Å²) >= 11 is 0. The summed E-state index contributed by atoms with van der Waals surface area (Å²) < 4.78 is 25.3. The van der Waals surface area contributed by atoms with Gasteiger partial charge in [0.05, 0.1) is 24.7 Å². The molecule has 2 aliphatic carbocycles. The van der Waals surface area contributed by atoms with E-state index in [0.29, 0.717) is 29.2 Å². The van der Waals surface area contributed by atoms with Crippen molar-refractivity contribution in [2.24, 2.45) is 28.8 Å². The Balaban J connectivity index is 1.32. The monoisotopic (exact) mass is 434 g/mol. The first-order valence-electron chi connectivity index (χ1n) is 10.8. The standard InChI is InChI=1S/C25H23FN2O4/c1-2-31-21-11-15(7-10-20(21)32-14-18-5-3-4-6-19(18)26)13-27-28-24(29)22-16-8-9-17(12-16)23(22)25(28)30/h3-11,13,16-17,22-23H,2,12,14H2,1H3/t16-,17-,22-,23+/m0/s1. The topological polar surface area (TPSA) is 68.2 Å². The van der Waals surface area contributed by atoms with Gasteiger partial charge in [-0.1, -0.05) is 30.4 Å². The van der Waals surface area contributed by atoms with Gasteiger partial charge in [-0.3, -0.25) is 9.59 Å². The van der Waals surface area contributed by atoms with Crippen LogP contribution in [0.25, 0.3) is 0 Å². The Hall–Kier alpha value is -3.48. The van der Waals surface area contributed by atoms with Gasteiger partial charge in [-0.15, -0.1) is 0 Å². The maximum atomic E-state index is 13.9. The molecule has 4 atom stereocenters. The number of fused-ring (bicyclic) bond motifs is 5. The minimum absolute atomic E-state index is 0.0656. The third-order valence-electron chi connectivity index (χ3n) is 6.38. The quantitative estimate of drug-likeness (QED) is 0.376. The van der Waals surface area contributed by atoms with Crippen molar-refractivity contribution < 1.29 is 23.5 Å². The number of imide groups is 1. The van der Waals surface area contributed by atoms with Gasteiger partial charge in [-0.25, -0.2) is 4.39 Å². The van der Waals surface area contributed by atoms with Gasteiger partial charge >= 0.3 is 0 Å². The molecule has 2 fully saturated rings. The third-order valence-corrected chi connectivity index (χ3v) is 6.38. The molecule has 1 aliphatic heterocycles. The minimum Gasteiger partial charge on any atom is -0.490 e. The molecule has 164 valence electrons. The fourth-order valence-electron chi connectivity index (χ4n) is 4.89. The van der Waals surface area contributed by atoms with Crippen molar-refractivity contribution in [3.8, 4) is 11.5 Å². The number of hydrogen-bond donors (Lipinski definition) is 0. The van der Waals surface area contributed by atoms with Crippen LogP contribution in [0.2, 0.25) is 0 Å². The number of carbonyl (C=O) groups is 2. The van der Waals surface area contributed by atoms with Crippen molar-refractivity contribution >= 4 is 18.0 Å². The SMILES string of the molecule is CCOc1cc(C=NN2C(=O)[C@@H]3[C@H](C2=O)[C@H]2C=C[C@H]3C2)ccc1OCc1ccccc1F. The predicted octanol–water partition coefficient (Wildman–Crippen LogP) is 3.94. The molecular formula is C25H23FN2O4. The highest BCUT2D eigenvalue weighted by atomic mass is 19.1. The van der Waals surface area contributed by atoms with Crippen molar-refractivity contribution in [1.29, 1.82) is 0 Å². The summed E-state index contributed by atoms with van der Waals surface area (Å²) in [5.41, 5.74) is 1.10. The van der Waals surface area contributed by atoms with Crippen molar-refractivity contribution in [3.63, 3.8) is 0 Å². The zero-order valence-corrected chi connectivity index (χ0v) is 17.6. The molecule has 2 aromatic rings. The highest BCUT2D eigenvalue weighted by Gasteiger charge is 2.59. The zero-order valence-electron chi connectivity index (χ0n) is 17.6. The van der Waals surface area contributed by atoms with Gasteiger partial charge in [-0.05, 0) is 55.0 Å². The van der Waals surface area contributed by atoms with Crippen molar-refractivity contribution in [2.45, 2.75) is 20.0 Å². The summed E-state index contributed by atoms with van der Waals surface area (Å²) in [6, 6.07) is 11.6. The molecule has 2 bridgehead atoms. The fourth-order valence-corrected chi connectivity index (χ4v) is 4.89. The lowest BCUT2D eigenvalue weighted by atomic mass is 9.85. The lowest BCUT2D eigenvalue weighted by Gasteiger charge is -2.13. The van der Waals surface area contributed by atoms with Crippen LogP contribution in [0.1, 0.15) is 24.5 Å². The molecule has 1 heterocycles. The number of benzene rings is 2. The van der Waals surface area contributed by atoms with E-state index in [1.807, 2.05) is 6.92 Å². The average molecular weight is 434 g/mol. The minimum atomic E-state index is -0.331. The molecule has 0 unspecified atom stereocenters. The molecule has 2 aromatic carbocycles. The van der Waals surface area contributed by atoms with Gasteiger partial charge < -0.3 is 9.47 Å². The Morgan fingerprint density at radius 2 is 1.75 bits per heavy atom. The molecule has 0 radical (unpaired) electrons. The van der Waals surface area contributed by atoms with Crippen molar-refractivity contribution in [2.75, 3.05) is 6.61 Å². The molecule has 1 saturated carbocycles. The molecule has 5 rings (SSSR count). The smallest absolute Gasteiger partial charge is 0.254 e. The first kappa shape index (κ1) is 20.4. The Morgan fingerprint density at radius 3 is 2.44 bits per heavy atom. The Bertz CT molecular complexity index is 1100. The Labute approximate surface area is 185 Å². The predicted molar refractivity (Wildman–Crippen MR) is 116 cm³/mol. The molecule has 0 N–H and O–H groups in total. The summed E-state index contributed by atoms with van der Waals surface area (Å²) in [5, 5.41) is 5.22. The number of rotatable bonds is 7. The van der Waals surface area contributed by atoms with Gasteiger partial charge in [0, 0.05) is 5.56 Å². The highest BCUT2D eigenvalue weighted by molar-refractivity contribution is 6.06. The van der Waals surface area contributed by atoms with Gasteiger partial charge in [-0.2, -0.15) is 10.1 Å². The summed E-state index contributed by atoms with van der Waals surface area (Å²) in [6.07, 6.45) is 6.48. The van der Waals surface area contributed by atoms with Gasteiger partial charge in [0.1, 0.15) is 12.4 Å². The van der Waals surface area contributed by atoms with E-state index in [1.165, 1.54) is 12.3 Å². The van der Waals surface area contributed by atoms with Crippen LogP contribution in [-0.4, -0.2) is 29.6 Å². The maximum Gasteiger partial charge on any atom is 0.254 e. The average Bonchev–Trinajstić information content (AvgIpc) is 3.47. The summed E-state index contributed by atoms with van der Waals surface area (Å²) in [7, 11) is 0. The Morgan fingerprint density at radius 1 is 1.03 bits per heavy atom. The second kappa shape index (κ2) is 8.22. The van der Waals surface area contributed by atoms with Gasteiger partial charge in [0.25, 0.3) is 11.8 Å². The van der Waals surface area contributed by atoms with Crippen LogP contribution in [0, 0.1) is 29.5 Å². The number of nitrogens with zero attached hydrogens (tertiary/aromatic N) is 2. The second-order valence-electron chi connectivity index (χ2n) is 8.25. The van der Waals surface area contributed by atoms with Crippen LogP contribution in [0.4, 0.5) is 4.39 Å². The zero-order chi connectivity index (χ0) is 22.2. The summed E-state index contributed by atoms with van der Waals surface area (Å²) in [6.45, 7) is 2.33. The van der Waals surface area contributed by atoms with Crippen LogP contribution in [-0.2, 0) is 16.2 Å². The van der Waals surface area contributed by atoms with Crippen LogP contribution < -0.4 is 9.47 Å². The molecule has 1 saturated heterocycles. The normalized spacial score (nSPS) is 25.8. The van der Waals surface area contributed by atoms with E-state index >= 15 is 0 Å². The fraction of sp³-hybridized carbons (Fsp3) is 0.320. The molecule has 3 aliphatic rings. The van der Waals surface area contributed by atoms with E-state index in [4.69, 9.17) is 9.47 Å². The van der Waals surface area contributed by atoms with E-state index in [-0.39, 0.29) is 47.9 Å². The van der Waals surface area contributed by atoms with Crippen molar-refractivity contribution in [3.05, 3.63) is 71.6 Å². The van der Waals surface area contributed by atoms with E-state index < -0.39 is 0 Å². The van der Waals surface area contributed by atoms with Crippen LogP contribution >= 0.6 is 0 Å². The lowest BCUT2D eigenvalue weighted by Crippen LogP contribution is -2.28. The summed E-state index contributed by atoms with van der Waals surface area (Å²) in [4.78, 5) is 25.5. The number of halogens is 1. The highest BCUT2D eigenvalue weighted by Crippen LogP contribution is 2.52. The van der Waals surface area contributed by atoms with Crippen molar-refractivity contribution in [1.82, 2.24) is 5.01 Å². The number of carbonyl (C=O) groups excluding carboxylic acids is 2. The Kier molecular flexibility index (Phi) is 5.25. The maximum absolute atomic E-state index is 13.9. The first-order chi connectivity index (χ1) is 15.6. The van der Waals surface area contributed by atoms with Crippen LogP contribution in [0.15, 0.2) is 59.7 Å². The number of amides is 2. The van der Waals surface area contributed by atoms with E-state index in [9.17, 15) is 14.0 Å². The van der Waals surface area contributed by atoms with Gasteiger partial charge in [0.15, 0.2) is 11.5 Å². The number of hydrogen-bond acceptors (Lipinski definition) is 5. The van der Waals surface area contributed by atoms with Crippen LogP contribution in [0.5, 0.6) is 11.5 Å². The van der Waals surface area contributed by atoms with Gasteiger partial charge in [0.2, 0.25) is 0 Å². The number of allylic oxidation sites excluding steroid dienone is 2. The van der Waals surface area contributed by atoms with E-state index in [2.05, 4.69) is 17.3 Å². The first-order valence-corrected chi connectivity index (χ1v) is 10.8. The number of hydrazone groups is 1. The molecule has 6 nitrogen and oxygen atoms in total. The second-order valence-corrected chi connectivity index (χ2v) is 8.25. The molecule has 32 heavy (non-hydrogen) atoms. The largest absolute Gasteiger partial charge is 0.490 e. The van der Waals surface area contributed by atoms with Crippen LogP contribution in [0.3, 0.4) is 0 Å². The summed E-state index contributed by atoms with van der Waals surface area (Å²) in [5.74, 6) is -0.0722.